The first-order valence-corrected chi connectivity index (χ1v) is 6.41. The van der Waals surface area contributed by atoms with Gasteiger partial charge in [0.05, 0.1) is 7.11 Å². The molecule has 0 bridgehead atoms. The minimum atomic E-state index is -0.419. The highest BCUT2D eigenvalue weighted by Crippen LogP contribution is 2.20. The van der Waals surface area contributed by atoms with Gasteiger partial charge in [0.25, 0.3) is 5.91 Å². The van der Waals surface area contributed by atoms with Crippen molar-refractivity contribution in [1.29, 1.82) is 0 Å². The van der Waals surface area contributed by atoms with Crippen LogP contribution in [-0.4, -0.2) is 37.0 Å². The van der Waals surface area contributed by atoms with Crippen molar-refractivity contribution < 1.29 is 14.3 Å². The van der Waals surface area contributed by atoms with Crippen LogP contribution in [0.5, 0.6) is 0 Å². The lowest BCUT2D eigenvalue weighted by Gasteiger charge is -2.20. The van der Waals surface area contributed by atoms with E-state index in [1.807, 2.05) is 19.9 Å². The molecule has 0 radical (unpaired) electrons. The molecule has 1 amide bonds. The predicted molar refractivity (Wildman–Crippen MR) is 72.5 cm³/mol. The van der Waals surface area contributed by atoms with Gasteiger partial charge in [0.2, 0.25) is 0 Å². The molecule has 98 valence electrons. The zero-order valence-electron chi connectivity index (χ0n) is 10.7. The number of ether oxygens (including phenoxy) is 1. The highest BCUT2D eigenvalue weighted by atomic mass is 79.9. The van der Waals surface area contributed by atoms with E-state index in [2.05, 4.69) is 20.7 Å². The Morgan fingerprint density at radius 1 is 1.39 bits per heavy atom. The molecule has 0 saturated carbocycles. The van der Waals surface area contributed by atoms with Crippen molar-refractivity contribution in [3.8, 4) is 0 Å². The Hall–Kier alpha value is -1.36. The van der Waals surface area contributed by atoms with Crippen molar-refractivity contribution in [2.24, 2.45) is 0 Å². The van der Waals surface area contributed by atoms with E-state index in [1.165, 1.54) is 12.0 Å². The largest absolute Gasteiger partial charge is 0.468 e. The Bertz CT molecular complexity index is 460. The molecule has 18 heavy (non-hydrogen) atoms. The van der Waals surface area contributed by atoms with Crippen molar-refractivity contribution in [2.75, 3.05) is 20.2 Å². The minimum absolute atomic E-state index is 0.0300. The van der Waals surface area contributed by atoms with E-state index in [9.17, 15) is 9.59 Å². The zero-order chi connectivity index (χ0) is 13.7. The number of halogens is 1. The number of nitrogens with zero attached hydrogens (tertiary/aromatic N) is 1. The fourth-order valence-electron chi connectivity index (χ4n) is 1.56. The van der Waals surface area contributed by atoms with Gasteiger partial charge in [0, 0.05) is 16.6 Å². The molecule has 0 aliphatic rings. The van der Waals surface area contributed by atoms with Crippen LogP contribution in [0, 0.1) is 6.92 Å². The lowest BCUT2D eigenvalue weighted by Crippen LogP contribution is -2.36. The van der Waals surface area contributed by atoms with Crippen molar-refractivity contribution >= 4 is 27.8 Å². The summed E-state index contributed by atoms with van der Waals surface area (Å²) in [5.41, 5.74) is 1.46. The molecule has 0 aliphatic carbocycles. The number of carbonyl (C=O) groups excluding carboxylic acids is 2. The molecule has 0 fully saturated rings. The van der Waals surface area contributed by atoms with E-state index in [0.717, 1.165) is 10.0 Å². The molecule has 0 spiro atoms. The van der Waals surface area contributed by atoms with Gasteiger partial charge in [-0.05, 0) is 31.5 Å². The molecule has 4 nitrogen and oxygen atoms in total. The Kier molecular flexibility index (Phi) is 5.34. The molecule has 5 heteroatoms. The number of methoxy groups -OCH3 is 1. The fraction of sp³-hybridized carbons (Fsp3) is 0.385. The number of likely N-dealkylation sites (N-methyl/N-ethyl adjacent to an activating group) is 1. The summed E-state index contributed by atoms with van der Waals surface area (Å²) in [6.07, 6.45) is 0. The highest BCUT2D eigenvalue weighted by molar-refractivity contribution is 9.10. The van der Waals surface area contributed by atoms with Crippen molar-refractivity contribution in [3.05, 3.63) is 33.8 Å². The molecule has 0 aromatic heterocycles. The summed E-state index contributed by atoms with van der Waals surface area (Å²) >= 11 is 3.39. The zero-order valence-corrected chi connectivity index (χ0v) is 12.3. The van der Waals surface area contributed by atoms with Crippen molar-refractivity contribution in [3.63, 3.8) is 0 Å². The molecule has 0 saturated heterocycles. The Morgan fingerprint density at radius 2 is 2.06 bits per heavy atom. The topological polar surface area (TPSA) is 46.6 Å². The summed E-state index contributed by atoms with van der Waals surface area (Å²) < 4.78 is 5.46. The van der Waals surface area contributed by atoms with Crippen LogP contribution < -0.4 is 0 Å². The average Bonchev–Trinajstić information content (AvgIpc) is 2.38. The van der Waals surface area contributed by atoms with Gasteiger partial charge in [-0.1, -0.05) is 22.0 Å². The molecule has 1 aromatic carbocycles. The standard InChI is InChI=1S/C13H16BrNO3/c1-4-15(8-12(16)18-3)13(17)10-6-5-7-11(14)9(10)2/h5-7H,4,8H2,1-3H3. The third-order valence-corrected chi connectivity index (χ3v) is 3.57. The molecule has 1 rings (SSSR count). The first-order chi connectivity index (χ1) is 8.51. The Labute approximate surface area is 115 Å². The molecule has 0 aliphatic heterocycles. The lowest BCUT2D eigenvalue weighted by molar-refractivity contribution is -0.141. The number of amides is 1. The summed E-state index contributed by atoms with van der Waals surface area (Å²) in [6.45, 7) is 4.12. The maximum atomic E-state index is 12.3. The second-order valence-corrected chi connectivity index (χ2v) is 4.66. The maximum absolute atomic E-state index is 12.3. The Morgan fingerprint density at radius 3 is 2.61 bits per heavy atom. The van der Waals surface area contributed by atoms with Crippen LogP contribution in [0.2, 0.25) is 0 Å². The van der Waals surface area contributed by atoms with E-state index in [1.54, 1.807) is 12.1 Å². The van der Waals surface area contributed by atoms with Crippen LogP contribution in [0.1, 0.15) is 22.8 Å². The summed E-state index contributed by atoms with van der Waals surface area (Å²) in [4.78, 5) is 25.0. The Balaban J connectivity index is 2.97. The van der Waals surface area contributed by atoms with E-state index in [0.29, 0.717) is 12.1 Å². The lowest BCUT2D eigenvalue weighted by atomic mass is 10.1. The molecular formula is C13H16BrNO3. The minimum Gasteiger partial charge on any atom is -0.468 e. The third kappa shape index (κ3) is 3.32. The SMILES string of the molecule is CCN(CC(=O)OC)C(=O)c1cccc(Br)c1C. The predicted octanol–water partition coefficient (Wildman–Crippen LogP) is 2.39. The van der Waals surface area contributed by atoms with Crippen LogP contribution in [0.25, 0.3) is 0 Å². The number of carbonyl (C=O) groups is 2. The van der Waals surface area contributed by atoms with Gasteiger partial charge in [-0.15, -0.1) is 0 Å². The number of benzene rings is 1. The average molecular weight is 314 g/mol. The summed E-state index contributed by atoms with van der Waals surface area (Å²) in [7, 11) is 1.31. The van der Waals surface area contributed by atoms with E-state index >= 15 is 0 Å². The molecule has 1 aromatic rings. The van der Waals surface area contributed by atoms with E-state index in [-0.39, 0.29) is 12.5 Å². The van der Waals surface area contributed by atoms with Gasteiger partial charge in [-0.25, -0.2) is 0 Å². The smallest absolute Gasteiger partial charge is 0.325 e. The van der Waals surface area contributed by atoms with Gasteiger partial charge in [0.1, 0.15) is 6.54 Å². The van der Waals surface area contributed by atoms with Gasteiger partial charge in [-0.2, -0.15) is 0 Å². The van der Waals surface area contributed by atoms with Crippen LogP contribution >= 0.6 is 15.9 Å². The number of rotatable bonds is 4. The first kappa shape index (κ1) is 14.7. The second-order valence-electron chi connectivity index (χ2n) is 3.81. The van der Waals surface area contributed by atoms with Crippen LogP contribution in [-0.2, 0) is 9.53 Å². The molecule has 0 atom stereocenters. The highest BCUT2D eigenvalue weighted by Gasteiger charge is 2.19. The number of hydrogen-bond acceptors (Lipinski definition) is 3. The van der Waals surface area contributed by atoms with E-state index < -0.39 is 5.97 Å². The monoisotopic (exact) mass is 313 g/mol. The normalized spacial score (nSPS) is 10.0. The van der Waals surface area contributed by atoms with Crippen LogP contribution in [0.3, 0.4) is 0 Å². The van der Waals surface area contributed by atoms with Crippen LogP contribution in [0.4, 0.5) is 0 Å². The van der Waals surface area contributed by atoms with Gasteiger partial charge < -0.3 is 9.64 Å². The molecular weight excluding hydrogens is 298 g/mol. The molecule has 0 unspecified atom stereocenters. The van der Waals surface area contributed by atoms with Gasteiger partial charge >= 0.3 is 5.97 Å². The van der Waals surface area contributed by atoms with E-state index in [4.69, 9.17) is 0 Å². The van der Waals surface area contributed by atoms with Crippen molar-refractivity contribution in [2.45, 2.75) is 13.8 Å². The molecule has 0 N–H and O–H groups in total. The van der Waals surface area contributed by atoms with Gasteiger partial charge in [-0.3, -0.25) is 9.59 Å². The second kappa shape index (κ2) is 6.54. The third-order valence-electron chi connectivity index (χ3n) is 2.71. The molecule has 0 heterocycles. The van der Waals surface area contributed by atoms with Crippen molar-refractivity contribution in [1.82, 2.24) is 4.90 Å². The quantitative estimate of drug-likeness (QED) is 0.802. The fourth-order valence-corrected chi connectivity index (χ4v) is 1.92. The number of esters is 1. The summed E-state index contributed by atoms with van der Waals surface area (Å²) in [5.74, 6) is -0.584. The van der Waals surface area contributed by atoms with Crippen LogP contribution in [0.15, 0.2) is 22.7 Å². The summed E-state index contributed by atoms with van der Waals surface area (Å²) in [6, 6.07) is 5.43. The maximum Gasteiger partial charge on any atom is 0.325 e. The first-order valence-electron chi connectivity index (χ1n) is 5.62. The summed E-state index contributed by atoms with van der Waals surface area (Å²) in [5, 5.41) is 0. The van der Waals surface area contributed by atoms with Gasteiger partial charge in [0.15, 0.2) is 0 Å². The number of hydrogen-bond donors (Lipinski definition) is 0.